The largest absolute Gasteiger partial charge is 0.436 e. The Hall–Kier alpha value is -5.45. The van der Waals surface area contributed by atoms with Gasteiger partial charge in [0.15, 0.2) is 6.10 Å². The number of nitrogens with zero attached hydrogens (tertiary/aromatic N) is 5. The molecule has 240 valence electrons. The Kier molecular flexibility index (Phi) is 9.05. The second-order valence-electron chi connectivity index (χ2n) is 10.4. The molecular weight excluding hydrogens is 647 g/mol. The van der Waals surface area contributed by atoms with Crippen LogP contribution in [0.15, 0.2) is 106 Å². The fourth-order valence-corrected chi connectivity index (χ4v) is 7.12. The van der Waals surface area contributed by atoms with E-state index in [9.17, 15) is 27.6 Å². The summed E-state index contributed by atoms with van der Waals surface area (Å²) in [6.07, 6.45) is -0.251. The molecule has 0 saturated carbocycles. The molecule has 5 aromatic rings. The van der Waals surface area contributed by atoms with E-state index in [4.69, 9.17) is 4.74 Å². The number of carbonyl (C=O) groups is 3. The van der Waals surface area contributed by atoms with Crippen molar-refractivity contribution in [1.29, 1.82) is 0 Å². The predicted molar refractivity (Wildman–Crippen MR) is 172 cm³/mol. The van der Waals surface area contributed by atoms with Crippen LogP contribution in [0.25, 0.3) is 10.2 Å². The molecular formula is C31H27N7O7S2. The SMILES string of the molecule is O=C(Nc1ccn(CC(=O)N2CCN(NS(=O)(=O)c3nc4ccccc4s3)C(=O)C2)c(=O)n1)OC(c1ccccc1)c1ccccc1. The zero-order valence-corrected chi connectivity index (χ0v) is 26.2. The first-order valence-corrected chi connectivity index (χ1v) is 16.6. The lowest BCUT2D eigenvalue weighted by molar-refractivity contribution is -0.146. The van der Waals surface area contributed by atoms with Gasteiger partial charge in [-0.3, -0.25) is 24.5 Å². The van der Waals surface area contributed by atoms with Crippen LogP contribution in [0.5, 0.6) is 0 Å². The zero-order valence-electron chi connectivity index (χ0n) is 24.6. The highest BCUT2D eigenvalue weighted by atomic mass is 32.2. The molecule has 47 heavy (non-hydrogen) atoms. The van der Waals surface area contributed by atoms with Crippen molar-refractivity contribution >= 4 is 55.3 Å². The summed E-state index contributed by atoms with van der Waals surface area (Å²) in [5, 5.41) is 3.38. The smallest absolute Gasteiger partial charge is 0.413 e. The van der Waals surface area contributed by atoms with Gasteiger partial charge in [0.05, 0.1) is 16.8 Å². The van der Waals surface area contributed by atoms with Crippen LogP contribution in [0.4, 0.5) is 10.6 Å². The molecule has 0 bridgehead atoms. The highest BCUT2D eigenvalue weighted by molar-refractivity contribution is 7.91. The number of hydrogen-bond acceptors (Lipinski definition) is 10. The number of thiazole rings is 1. The number of anilines is 1. The molecule has 1 saturated heterocycles. The number of carbonyl (C=O) groups excluding carboxylic acids is 3. The number of sulfonamides is 1. The van der Waals surface area contributed by atoms with Crippen molar-refractivity contribution in [1.82, 2.24) is 29.3 Å². The van der Waals surface area contributed by atoms with Crippen molar-refractivity contribution in [2.75, 3.05) is 25.0 Å². The highest BCUT2D eigenvalue weighted by Crippen LogP contribution is 2.27. The van der Waals surface area contributed by atoms with Crippen LogP contribution >= 0.6 is 11.3 Å². The van der Waals surface area contributed by atoms with Crippen LogP contribution in [-0.2, 0) is 30.9 Å². The quantitative estimate of drug-likeness (QED) is 0.239. The van der Waals surface area contributed by atoms with E-state index in [-0.39, 0.29) is 23.2 Å². The number of aromatic nitrogens is 3. The van der Waals surface area contributed by atoms with Gasteiger partial charge in [0.25, 0.3) is 15.9 Å². The van der Waals surface area contributed by atoms with E-state index in [2.05, 4.69) is 20.1 Å². The number of fused-ring (bicyclic) bond motifs is 1. The molecule has 2 N–H and O–H groups in total. The second kappa shape index (κ2) is 13.5. The van der Waals surface area contributed by atoms with Gasteiger partial charge in [-0.15, -0.1) is 16.2 Å². The normalized spacial score (nSPS) is 13.6. The van der Waals surface area contributed by atoms with Gasteiger partial charge < -0.3 is 9.64 Å². The first-order valence-electron chi connectivity index (χ1n) is 14.3. The van der Waals surface area contributed by atoms with E-state index in [1.54, 1.807) is 24.3 Å². The predicted octanol–water partition coefficient (Wildman–Crippen LogP) is 2.76. The van der Waals surface area contributed by atoms with E-state index >= 15 is 0 Å². The number of hydrazine groups is 1. The minimum Gasteiger partial charge on any atom is -0.436 e. The van der Waals surface area contributed by atoms with Gasteiger partial charge in [0, 0.05) is 12.7 Å². The van der Waals surface area contributed by atoms with E-state index in [1.807, 2.05) is 60.7 Å². The monoisotopic (exact) mass is 673 g/mol. The first-order chi connectivity index (χ1) is 22.7. The number of hydrogen-bond donors (Lipinski definition) is 2. The van der Waals surface area contributed by atoms with Crippen LogP contribution in [0, 0.1) is 0 Å². The van der Waals surface area contributed by atoms with Crippen LogP contribution < -0.4 is 15.8 Å². The average molecular weight is 674 g/mol. The standard InChI is InChI=1S/C31H27N7O7S2/c39-26(36-17-18-38(27(40)20-36)35-47(43,44)31-32-23-13-7-8-14-24(23)46-31)19-37-16-15-25(33-29(37)41)34-30(42)45-28(21-9-3-1-4-10-21)22-11-5-2-6-12-22/h1-16,28,35H,17-20H2,(H,33,34,41,42). The van der Waals surface area contributed by atoms with Crippen LogP contribution in [0.2, 0.25) is 0 Å². The number of amides is 3. The lowest BCUT2D eigenvalue weighted by atomic mass is 10.0. The molecule has 0 spiro atoms. The third-order valence-corrected chi connectivity index (χ3v) is 9.90. The van der Waals surface area contributed by atoms with Gasteiger partial charge in [0.2, 0.25) is 10.2 Å². The van der Waals surface area contributed by atoms with Crippen molar-refractivity contribution in [2.24, 2.45) is 0 Å². The Morgan fingerprint density at radius 3 is 2.17 bits per heavy atom. The third kappa shape index (κ3) is 7.35. The van der Waals surface area contributed by atoms with E-state index < -0.39 is 52.8 Å². The van der Waals surface area contributed by atoms with Crippen molar-refractivity contribution in [2.45, 2.75) is 17.0 Å². The number of piperazine rings is 1. The Balaban J connectivity index is 1.04. The molecule has 2 aromatic heterocycles. The fraction of sp³-hybridized carbons (Fsp3) is 0.161. The Bertz CT molecular complexity index is 2030. The minimum absolute atomic E-state index is 0.0184. The number of para-hydroxylation sites is 1. The van der Waals surface area contributed by atoms with E-state index in [1.165, 1.54) is 17.2 Å². The van der Waals surface area contributed by atoms with Gasteiger partial charge in [-0.1, -0.05) is 72.8 Å². The molecule has 3 amide bonds. The molecule has 1 aliphatic heterocycles. The molecule has 14 nitrogen and oxygen atoms in total. The van der Waals surface area contributed by atoms with Crippen LogP contribution in [0.1, 0.15) is 17.2 Å². The zero-order chi connectivity index (χ0) is 33.0. The van der Waals surface area contributed by atoms with Crippen molar-refractivity contribution in [3.8, 4) is 0 Å². The van der Waals surface area contributed by atoms with E-state index in [0.717, 1.165) is 32.0 Å². The molecule has 3 aromatic carbocycles. The van der Waals surface area contributed by atoms with Gasteiger partial charge >= 0.3 is 11.8 Å². The molecule has 0 aliphatic carbocycles. The summed E-state index contributed by atoms with van der Waals surface area (Å²) >= 11 is 0.974. The molecule has 0 radical (unpaired) electrons. The Morgan fingerprint density at radius 1 is 0.872 bits per heavy atom. The average Bonchev–Trinajstić information content (AvgIpc) is 3.52. The number of rotatable bonds is 9. The molecule has 0 unspecified atom stereocenters. The number of ether oxygens (including phenoxy) is 1. The second-order valence-corrected chi connectivity index (χ2v) is 13.2. The van der Waals surface area contributed by atoms with Gasteiger partial charge in [-0.05, 0) is 29.3 Å². The summed E-state index contributed by atoms with van der Waals surface area (Å²) in [7, 11) is -4.13. The molecule has 1 fully saturated rings. The van der Waals surface area contributed by atoms with Crippen LogP contribution in [0.3, 0.4) is 0 Å². The summed E-state index contributed by atoms with van der Waals surface area (Å²) in [6.45, 7) is -0.922. The first kappa shape index (κ1) is 31.5. The van der Waals surface area contributed by atoms with Crippen molar-refractivity contribution in [3.05, 3.63) is 119 Å². The lowest BCUT2D eigenvalue weighted by Gasteiger charge is -2.33. The van der Waals surface area contributed by atoms with Crippen molar-refractivity contribution < 1.29 is 27.5 Å². The Labute approximate surface area is 272 Å². The molecule has 3 heterocycles. The fourth-order valence-electron chi connectivity index (χ4n) is 4.82. The minimum atomic E-state index is -4.13. The number of benzene rings is 3. The number of nitrogens with one attached hydrogen (secondary N) is 2. The maximum Gasteiger partial charge on any atom is 0.413 e. The van der Waals surface area contributed by atoms with Gasteiger partial charge in [0.1, 0.15) is 18.9 Å². The molecule has 6 rings (SSSR count). The topological polar surface area (TPSA) is 173 Å². The molecule has 1 aliphatic rings. The summed E-state index contributed by atoms with van der Waals surface area (Å²) in [6, 6.07) is 26.6. The van der Waals surface area contributed by atoms with Gasteiger partial charge in [-0.25, -0.2) is 23.0 Å². The third-order valence-electron chi connectivity index (χ3n) is 7.15. The lowest BCUT2D eigenvalue weighted by Crippen LogP contribution is -2.58. The maximum absolute atomic E-state index is 13.0. The summed E-state index contributed by atoms with van der Waals surface area (Å²) in [5.41, 5.74) is 1.21. The van der Waals surface area contributed by atoms with Crippen LogP contribution in [-0.4, -0.2) is 70.4 Å². The molecule has 0 atom stereocenters. The Morgan fingerprint density at radius 2 is 1.53 bits per heavy atom. The van der Waals surface area contributed by atoms with Crippen molar-refractivity contribution in [3.63, 3.8) is 0 Å². The summed E-state index contributed by atoms with van der Waals surface area (Å²) < 4.78 is 33.0. The summed E-state index contributed by atoms with van der Waals surface area (Å²) in [4.78, 5) is 62.7. The molecule has 16 heteroatoms. The summed E-state index contributed by atoms with van der Waals surface area (Å²) in [5.74, 6) is -1.28. The highest BCUT2D eigenvalue weighted by Gasteiger charge is 2.32. The maximum atomic E-state index is 13.0. The van der Waals surface area contributed by atoms with Gasteiger partial charge in [-0.2, -0.15) is 4.98 Å². The van der Waals surface area contributed by atoms with E-state index in [0.29, 0.717) is 10.2 Å².